The summed E-state index contributed by atoms with van der Waals surface area (Å²) >= 11 is 0. The van der Waals surface area contributed by atoms with E-state index in [-0.39, 0.29) is 22.3 Å². The highest BCUT2D eigenvalue weighted by atomic mass is 16.6. The zero-order valence-electron chi connectivity index (χ0n) is 15.6. The van der Waals surface area contributed by atoms with Crippen LogP contribution in [0.1, 0.15) is 52.7 Å². The summed E-state index contributed by atoms with van der Waals surface area (Å²) < 4.78 is 5.60. The topological polar surface area (TPSA) is 32.3 Å². The van der Waals surface area contributed by atoms with Crippen LogP contribution in [0.15, 0.2) is 24.3 Å². The molecule has 0 aliphatic carbocycles. The maximum Gasteiger partial charge on any atom is 0.105 e. The molecule has 3 heteroatoms. The molecule has 1 aliphatic heterocycles. The van der Waals surface area contributed by atoms with Crippen LogP contribution in [0, 0.1) is 11.1 Å². The quantitative estimate of drug-likeness (QED) is 0.613. The van der Waals surface area contributed by atoms with Gasteiger partial charge in [-0.2, -0.15) is 0 Å². The standard InChI is InChI=1S/C20H33NO2/c1-15(12-21(22)13-16(2)23-17(3)14-21)11-18-7-9-19(10-8-18)20(4,5)6/h7-10,15-17H,11-14H2,1-6H3. The van der Waals surface area contributed by atoms with Crippen LogP contribution >= 0.6 is 0 Å². The molecular weight excluding hydrogens is 286 g/mol. The van der Waals surface area contributed by atoms with Gasteiger partial charge in [0.05, 0.1) is 6.54 Å². The van der Waals surface area contributed by atoms with E-state index in [0.29, 0.717) is 25.6 Å². The largest absolute Gasteiger partial charge is 0.633 e. The van der Waals surface area contributed by atoms with Gasteiger partial charge in [0.15, 0.2) is 0 Å². The number of morpholine rings is 1. The molecule has 1 aromatic rings. The third kappa shape index (κ3) is 5.30. The average Bonchev–Trinajstić information content (AvgIpc) is 2.35. The van der Waals surface area contributed by atoms with Crippen LogP contribution in [0.3, 0.4) is 0 Å². The Labute approximate surface area is 141 Å². The molecule has 1 heterocycles. The van der Waals surface area contributed by atoms with Gasteiger partial charge in [-0.15, -0.1) is 0 Å². The van der Waals surface area contributed by atoms with Crippen LogP contribution in [0.4, 0.5) is 0 Å². The molecule has 1 fully saturated rings. The first-order chi connectivity index (χ1) is 10.6. The van der Waals surface area contributed by atoms with E-state index in [0.717, 1.165) is 6.42 Å². The summed E-state index contributed by atoms with van der Waals surface area (Å²) in [6.45, 7) is 14.8. The van der Waals surface area contributed by atoms with E-state index in [1.165, 1.54) is 11.1 Å². The van der Waals surface area contributed by atoms with Crippen molar-refractivity contribution in [3.05, 3.63) is 40.6 Å². The molecule has 0 saturated carbocycles. The van der Waals surface area contributed by atoms with Crippen LogP contribution in [0.5, 0.6) is 0 Å². The van der Waals surface area contributed by atoms with E-state index in [1.807, 2.05) is 13.8 Å². The third-order valence-electron chi connectivity index (χ3n) is 4.69. The molecule has 0 bridgehead atoms. The summed E-state index contributed by atoms with van der Waals surface area (Å²) in [6.07, 6.45) is 1.10. The van der Waals surface area contributed by atoms with Crippen LogP contribution in [-0.2, 0) is 16.6 Å². The lowest BCUT2D eigenvalue weighted by atomic mass is 9.86. The average molecular weight is 319 g/mol. The second-order valence-corrected chi connectivity index (χ2v) is 8.62. The Morgan fingerprint density at radius 2 is 1.65 bits per heavy atom. The highest BCUT2D eigenvalue weighted by Gasteiger charge is 2.32. The van der Waals surface area contributed by atoms with Crippen LogP contribution in [0.25, 0.3) is 0 Å². The Kier molecular flexibility index (Phi) is 5.55. The van der Waals surface area contributed by atoms with Crippen molar-refractivity contribution in [2.45, 2.75) is 65.6 Å². The number of ether oxygens (including phenoxy) is 1. The van der Waals surface area contributed by atoms with Crippen molar-refractivity contribution in [3.8, 4) is 0 Å². The van der Waals surface area contributed by atoms with E-state index in [1.54, 1.807) is 0 Å². The van der Waals surface area contributed by atoms with Crippen molar-refractivity contribution in [2.75, 3.05) is 19.6 Å². The predicted molar refractivity (Wildman–Crippen MR) is 96.2 cm³/mol. The van der Waals surface area contributed by atoms with Crippen molar-refractivity contribution >= 4 is 0 Å². The first kappa shape index (κ1) is 18.4. The number of quaternary nitrogens is 1. The number of rotatable bonds is 4. The Morgan fingerprint density at radius 1 is 1.13 bits per heavy atom. The van der Waals surface area contributed by atoms with Crippen LogP contribution in [0.2, 0.25) is 0 Å². The first-order valence-electron chi connectivity index (χ1n) is 8.89. The normalized spacial score (nSPS) is 30.2. The SMILES string of the molecule is CC(Cc1ccc(C(C)(C)C)cc1)C[N+]1([O-])CC(C)OC(C)C1. The van der Waals surface area contributed by atoms with Crippen molar-refractivity contribution in [1.29, 1.82) is 0 Å². The van der Waals surface area contributed by atoms with Crippen LogP contribution < -0.4 is 0 Å². The number of hydrogen-bond acceptors (Lipinski definition) is 2. The molecule has 0 amide bonds. The highest BCUT2D eigenvalue weighted by molar-refractivity contribution is 5.27. The second kappa shape index (κ2) is 6.92. The number of hydroxylamine groups is 3. The van der Waals surface area contributed by atoms with Gasteiger partial charge in [-0.1, -0.05) is 52.0 Å². The van der Waals surface area contributed by atoms with Gasteiger partial charge in [0.1, 0.15) is 25.3 Å². The lowest BCUT2D eigenvalue weighted by Gasteiger charge is -2.50. The van der Waals surface area contributed by atoms with Gasteiger partial charge in [-0.25, -0.2) is 0 Å². The first-order valence-corrected chi connectivity index (χ1v) is 8.89. The lowest BCUT2D eigenvalue weighted by molar-refractivity contribution is -0.898. The second-order valence-electron chi connectivity index (χ2n) is 8.62. The van der Waals surface area contributed by atoms with E-state index in [9.17, 15) is 5.21 Å². The molecule has 0 aromatic heterocycles. The summed E-state index contributed by atoms with van der Waals surface area (Å²) in [6, 6.07) is 8.89. The minimum Gasteiger partial charge on any atom is -0.633 e. The van der Waals surface area contributed by atoms with Gasteiger partial charge in [0.2, 0.25) is 0 Å². The zero-order valence-corrected chi connectivity index (χ0v) is 15.6. The number of hydrogen-bond donors (Lipinski definition) is 0. The molecule has 1 saturated heterocycles. The molecular formula is C20H33NO2. The maximum atomic E-state index is 13.0. The molecule has 1 aliphatic rings. The van der Waals surface area contributed by atoms with Gasteiger partial charge < -0.3 is 14.6 Å². The van der Waals surface area contributed by atoms with Gasteiger partial charge in [-0.05, 0) is 36.8 Å². The summed E-state index contributed by atoms with van der Waals surface area (Å²) in [4.78, 5) is 0. The van der Waals surface area contributed by atoms with Crippen molar-refractivity contribution < 1.29 is 9.38 Å². The van der Waals surface area contributed by atoms with Gasteiger partial charge in [0.25, 0.3) is 0 Å². The minimum absolute atomic E-state index is 0.0644. The zero-order chi connectivity index (χ0) is 17.3. The molecule has 3 nitrogen and oxygen atoms in total. The Hall–Kier alpha value is -0.900. The van der Waals surface area contributed by atoms with Gasteiger partial charge in [0, 0.05) is 5.92 Å². The smallest absolute Gasteiger partial charge is 0.105 e. The fraction of sp³-hybridized carbons (Fsp3) is 0.700. The summed E-state index contributed by atoms with van der Waals surface area (Å²) in [5.74, 6) is 0.380. The molecule has 1 aromatic carbocycles. The molecule has 0 radical (unpaired) electrons. The predicted octanol–water partition coefficient (Wildman–Crippen LogP) is 4.28. The summed E-state index contributed by atoms with van der Waals surface area (Å²) in [7, 11) is 0. The Balaban J connectivity index is 1.95. The Bertz CT molecular complexity index is 493. The number of benzene rings is 1. The highest BCUT2D eigenvalue weighted by Crippen LogP contribution is 2.24. The van der Waals surface area contributed by atoms with Crippen molar-refractivity contribution in [1.82, 2.24) is 0 Å². The van der Waals surface area contributed by atoms with Crippen molar-refractivity contribution in [3.63, 3.8) is 0 Å². The molecule has 0 N–H and O–H groups in total. The van der Waals surface area contributed by atoms with Gasteiger partial charge in [-0.3, -0.25) is 0 Å². The van der Waals surface area contributed by atoms with E-state index >= 15 is 0 Å². The molecule has 2 rings (SSSR count). The molecule has 130 valence electrons. The Morgan fingerprint density at radius 3 is 2.13 bits per heavy atom. The fourth-order valence-corrected chi connectivity index (χ4v) is 3.82. The van der Waals surface area contributed by atoms with Gasteiger partial charge >= 0.3 is 0 Å². The fourth-order valence-electron chi connectivity index (χ4n) is 3.82. The summed E-state index contributed by atoms with van der Waals surface area (Å²) in [5, 5.41) is 13.0. The monoisotopic (exact) mass is 319 g/mol. The van der Waals surface area contributed by atoms with E-state index < -0.39 is 0 Å². The maximum absolute atomic E-state index is 13.0. The third-order valence-corrected chi connectivity index (χ3v) is 4.69. The molecule has 23 heavy (non-hydrogen) atoms. The number of nitrogens with zero attached hydrogens (tertiary/aromatic N) is 1. The van der Waals surface area contributed by atoms with E-state index in [4.69, 9.17) is 4.74 Å². The molecule has 0 spiro atoms. The minimum atomic E-state index is -0.108. The molecule has 3 atom stereocenters. The molecule has 3 unspecified atom stereocenters. The lowest BCUT2D eigenvalue weighted by Crippen LogP contribution is -2.57. The van der Waals surface area contributed by atoms with E-state index in [2.05, 4.69) is 52.0 Å². The van der Waals surface area contributed by atoms with Crippen molar-refractivity contribution in [2.24, 2.45) is 5.92 Å². The van der Waals surface area contributed by atoms with Crippen LogP contribution in [-0.4, -0.2) is 36.5 Å². The summed E-state index contributed by atoms with van der Waals surface area (Å²) in [5.41, 5.74) is 2.87.